The predicted octanol–water partition coefficient (Wildman–Crippen LogP) is 1.03. The standard InChI is InChI=1S/C10H10N2O5S/c13-12(14)6-10(18(15,16)17)8-5-11-9-4-2-1-3-7(8)9/h1-5,10-11H,6H2,(H,15,16,17)/p-1. The van der Waals surface area contributed by atoms with Gasteiger partial charge in [0, 0.05) is 27.6 Å². The van der Waals surface area contributed by atoms with Crippen molar-refractivity contribution in [3.05, 3.63) is 46.1 Å². The summed E-state index contributed by atoms with van der Waals surface area (Å²) in [5.74, 6) is 0. The maximum absolute atomic E-state index is 11.1. The van der Waals surface area contributed by atoms with Crippen LogP contribution in [0.5, 0.6) is 0 Å². The average molecular weight is 269 g/mol. The van der Waals surface area contributed by atoms with Crippen LogP contribution in [-0.2, 0) is 10.1 Å². The fourth-order valence-electron chi connectivity index (χ4n) is 1.84. The summed E-state index contributed by atoms with van der Waals surface area (Å²) in [7, 11) is -4.79. The van der Waals surface area contributed by atoms with Crippen molar-refractivity contribution >= 4 is 21.0 Å². The Labute approximate surface area is 102 Å². The first-order valence-corrected chi connectivity index (χ1v) is 6.49. The van der Waals surface area contributed by atoms with Crippen molar-refractivity contribution in [3.8, 4) is 0 Å². The maximum atomic E-state index is 11.1. The van der Waals surface area contributed by atoms with Crippen molar-refractivity contribution in [2.45, 2.75) is 5.25 Å². The van der Waals surface area contributed by atoms with Gasteiger partial charge in [-0.25, -0.2) is 8.42 Å². The number of aromatic nitrogens is 1. The van der Waals surface area contributed by atoms with Crippen molar-refractivity contribution in [1.82, 2.24) is 4.98 Å². The summed E-state index contributed by atoms with van der Waals surface area (Å²) in [6, 6.07) is 6.70. The summed E-state index contributed by atoms with van der Waals surface area (Å²) < 4.78 is 33.4. The highest BCUT2D eigenvalue weighted by molar-refractivity contribution is 7.86. The van der Waals surface area contributed by atoms with Crippen LogP contribution in [0.4, 0.5) is 0 Å². The summed E-state index contributed by atoms with van der Waals surface area (Å²) in [5, 5.41) is 9.31. The van der Waals surface area contributed by atoms with Gasteiger partial charge >= 0.3 is 0 Å². The van der Waals surface area contributed by atoms with Crippen molar-refractivity contribution in [3.63, 3.8) is 0 Å². The van der Waals surface area contributed by atoms with E-state index >= 15 is 0 Å². The molecule has 1 aromatic heterocycles. The Hall–Kier alpha value is -1.93. The highest BCUT2D eigenvalue weighted by atomic mass is 32.2. The molecule has 8 heteroatoms. The van der Waals surface area contributed by atoms with Gasteiger partial charge in [-0.15, -0.1) is 0 Å². The Morgan fingerprint density at radius 2 is 2.00 bits per heavy atom. The van der Waals surface area contributed by atoms with Crippen LogP contribution >= 0.6 is 0 Å². The molecule has 1 heterocycles. The number of fused-ring (bicyclic) bond motifs is 1. The molecule has 0 aliphatic carbocycles. The summed E-state index contributed by atoms with van der Waals surface area (Å²) in [6.45, 7) is -0.937. The fourth-order valence-corrected chi connectivity index (χ4v) is 2.65. The first kappa shape index (κ1) is 12.5. The number of para-hydroxylation sites is 1. The van der Waals surface area contributed by atoms with E-state index in [1.807, 2.05) is 0 Å². The largest absolute Gasteiger partial charge is 0.747 e. The molecular formula is C10H9N2O5S-. The van der Waals surface area contributed by atoms with Crippen LogP contribution in [0.15, 0.2) is 30.5 Å². The summed E-state index contributed by atoms with van der Waals surface area (Å²) in [6.07, 6.45) is 1.33. The van der Waals surface area contributed by atoms with Gasteiger partial charge in [-0.3, -0.25) is 10.1 Å². The first-order chi connectivity index (χ1) is 8.39. The van der Waals surface area contributed by atoms with E-state index in [-0.39, 0.29) is 5.56 Å². The molecule has 0 spiro atoms. The molecule has 0 amide bonds. The monoisotopic (exact) mass is 269 g/mol. The topological polar surface area (TPSA) is 116 Å². The fraction of sp³-hybridized carbons (Fsp3) is 0.200. The lowest BCUT2D eigenvalue weighted by Crippen LogP contribution is -2.21. The second-order valence-electron chi connectivity index (χ2n) is 3.79. The van der Waals surface area contributed by atoms with Gasteiger partial charge in [-0.1, -0.05) is 18.2 Å². The van der Waals surface area contributed by atoms with Gasteiger partial charge in [0.1, 0.15) is 15.4 Å². The smallest absolute Gasteiger partial charge is 0.223 e. The first-order valence-electron chi connectivity index (χ1n) is 5.02. The number of nitrogens with zero attached hydrogens (tertiary/aromatic N) is 1. The van der Waals surface area contributed by atoms with E-state index in [0.29, 0.717) is 10.9 Å². The molecular weight excluding hydrogens is 260 g/mol. The van der Waals surface area contributed by atoms with Crippen LogP contribution in [0.3, 0.4) is 0 Å². The van der Waals surface area contributed by atoms with Gasteiger partial charge in [-0.2, -0.15) is 0 Å². The molecule has 1 N–H and O–H groups in total. The summed E-state index contributed by atoms with van der Waals surface area (Å²) in [4.78, 5) is 12.5. The Kier molecular flexibility index (Phi) is 3.05. The number of nitrogens with one attached hydrogen (secondary N) is 1. The average Bonchev–Trinajstić information content (AvgIpc) is 2.67. The van der Waals surface area contributed by atoms with Gasteiger partial charge in [0.2, 0.25) is 6.54 Å². The van der Waals surface area contributed by atoms with Crippen LogP contribution in [0, 0.1) is 10.1 Å². The molecule has 0 saturated carbocycles. The summed E-state index contributed by atoms with van der Waals surface area (Å²) in [5.41, 5.74) is 0.766. The Balaban J connectivity index is 2.58. The minimum atomic E-state index is -4.79. The molecule has 1 atom stereocenters. The van der Waals surface area contributed by atoms with Crippen LogP contribution in [0.2, 0.25) is 0 Å². The number of H-pyrrole nitrogens is 1. The van der Waals surface area contributed by atoms with Crippen molar-refractivity contribution < 1.29 is 17.9 Å². The SMILES string of the molecule is O=[N+]([O-])CC(c1c[nH]c2ccccc12)S(=O)(=O)[O-]. The summed E-state index contributed by atoms with van der Waals surface area (Å²) >= 11 is 0. The van der Waals surface area contributed by atoms with E-state index in [9.17, 15) is 23.1 Å². The Bertz CT molecular complexity index is 691. The van der Waals surface area contributed by atoms with E-state index in [1.165, 1.54) is 6.20 Å². The molecule has 0 aliphatic heterocycles. The second-order valence-corrected chi connectivity index (χ2v) is 5.34. The van der Waals surface area contributed by atoms with E-state index in [0.717, 1.165) is 0 Å². The number of nitro groups is 1. The third kappa shape index (κ3) is 2.34. The van der Waals surface area contributed by atoms with Crippen molar-refractivity contribution in [2.75, 3.05) is 6.54 Å². The molecule has 96 valence electrons. The molecule has 0 fully saturated rings. The van der Waals surface area contributed by atoms with Crippen LogP contribution < -0.4 is 0 Å². The molecule has 2 aromatic rings. The highest BCUT2D eigenvalue weighted by Crippen LogP contribution is 2.28. The minimum absolute atomic E-state index is 0.136. The third-order valence-corrected chi connectivity index (χ3v) is 3.73. The van der Waals surface area contributed by atoms with Crippen molar-refractivity contribution in [1.29, 1.82) is 0 Å². The number of hydrogen-bond donors (Lipinski definition) is 1. The normalized spacial score (nSPS) is 13.6. The molecule has 1 unspecified atom stereocenters. The molecule has 1 aromatic carbocycles. The Morgan fingerprint density at radius 1 is 1.33 bits per heavy atom. The lowest BCUT2D eigenvalue weighted by Gasteiger charge is -2.16. The lowest BCUT2D eigenvalue weighted by atomic mass is 10.1. The molecule has 18 heavy (non-hydrogen) atoms. The van der Waals surface area contributed by atoms with E-state index in [4.69, 9.17) is 0 Å². The molecule has 0 bridgehead atoms. The van der Waals surface area contributed by atoms with Gasteiger partial charge in [-0.05, 0) is 6.07 Å². The molecule has 0 aliphatic rings. The molecule has 0 radical (unpaired) electrons. The van der Waals surface area contributed by atoms with E-state index in [2.05, 4.69) is 4.98 Å². The second kappa shape index (κ2) is 4.39. The Morgan fingerprint density at radius 3 is 2.61 bits per heavy atom. The number of rotatable bonds is 4. The van der Waals surface area contributed by atoms with Gasteiger partial charge < -0.3 is 9.54 Å². The van der Waals surface area contributed by atoms with Crippen LogP contribution in [0.1, 0.15) is 10.8 Å². The van der Waals surface area contributed by atoms with Crippen LogP contribution in [0.25, 0.3) is 10.9 Å². The number of hydrogen-bond acceptors (Lipinski definition) is 5. The minimum Gasteiger partial charge on any atom is -0.747 e. The molecule has 7 nitrogen and oxygen atoms in total. The van der Waals surface area contributed by atoms with Gasteiger partial charge in [0.25, 0.3) is 0 Å². The van der Waals surface area contributed by atoms with Gasteiger partial charge in [0.05, 0.1) is 0 Å². The third-order valence-electron chi connectivity index (χ3n) is 2.63. The zero-order valence-corrected chi connectivity index (χ0v) is 9.88. The van der Waals surface area contributed by atoms with Crippen molar-refractivity contribution in [2.24, 2.45) is 0 Å². The quantitative estimate of drug-likeness (QED) is 0.505. The highest BCUT2D eigenvalue weighted by Gasteiger charge is 2.27. The van der Waals surface area contributed by atoms with E-state index in [1.54, 1.807) is 24.3 Å². The van der Waals surface area contributed by atoms with Gasteiger partial charge in [0.15, 0.2) is 0 Å². The predicted molar refractivity (Wildman–Crippen MR) is 62.6 cm³/mol. The van der Waals surface area contributed by atoms with E-state index < -0.39 is 26.8 Å². The zero-order chi connectivity index (χ0) is 13.3. The number of aromatic amines is 1. The lowest BCUT2D eigenvalue weighted by molar-refractivity contribution is -0.480. The number of benzene rings is 1. The maximum Gasteiger partial charge on any atom is 0.223 e. The van der Waals surface area contributed by atoms with Crippen LogP contribution in [-0.4, -0.2) is 29.4 Å². The molecule has 2 rings (SSSR count). The zero-order valence-electron chi connectivity index (χ0n) is 9.07. The molecule has 0 saturated heterocycles.